The molecule has 122 valence electrons. The predicted octanol–water partition coefficient (Wildman–Crippen LogP) is 5.25. The Hall–Kier alpha value is -2.26. The lowest BCUT2D eigenvalue weighted by molar-refractivity contribution is 0.780. The highest BCUT2D eigenvalue weighted by molar-refractivity contribution is 6.30. The van der Waals surface area contributed by atoms with E-state index in [0.29, 0.717) is 0 Å². The molecule has 2 heterocycles. The minimum atomic E-state index is 0.724. The molecular formula is C20H20ClN3. The van der Waals surface area contributed by atoms with Gasteiger partial charge in [-0.1, -0.05) is 47.5 Å². The van der Waals surface area contributed by atoms with Crippen molar-refractivity contribution >= 4 is 17.4 Å². The molecule has 2 aromatic carbocycles. The summed E-state index contributed by atoms with van der Waals surface area (Å²) in [5.74, 6) is 1.10. The Kier molecular flexibility index (Phi) is 4.03. The smallest absolute Gasteiger partial charge is 0.133 e. The fourth-order valence-corrected chi connectivity index (χ4v) is 3.42. The van der Waals surface area contributed by atoms with Gasteiger partial charge in [-0.25, -0.2) is 4.68 Å². The van der Waals surface area contributed by atoms with Gasteiger partial charge in [-0.3, -0.25) is 0 Å². The van der Waals surface area contributed by atoms with Gasteiger partial charge in [-0.15, -0.1) is 0 Å². The largest absolute Gasteiger partial charge is 0.370 e. The molecule has 0 fully saturated rings. The van der Waals surface area contributed by atoms with Crippen LogP contribution < -0.4 is 5.32 Å². The third-order valence-electron chi connectivity index (χ3n) is 4.51. The second-order valence-electron chi connectivity index (χ2n) is 6.32. The summed E-state index contributed by atoms with van der Waals surface area (Å²) >= 11 is 6.19. The summed E-state index contributed by atoms with van der Waals surface area (Å²) in [7, 11) is 0. The molecule has 1 N–H and O–H groups in total. The van der Waals surface area contributed by atoms with Crippen LogP contribution in [0.1, 0.15) is 24.0 Å². The lowest BCUT2D eigenvalue weighted by atomic mass is 10.0. The van der Waals surface area contributed by atoms with Crippen LogP contribution in [-0.2, 0) is 6.42 Å². The van der Waals surface area contributed by atoms with Crippen LogP contribution in [0.2, 0.25) is 5.02 Å². The summed E-state index contributed by atoms with van der Waals surface area (Å²) in [4.78, 5) is 0. The molecule has 0 amide bonds. The van der Waals surface area contributed by atoms with Crippen molar-refractivity contribution in [1.82, 2.24) is 9.78 Å². The summed E-state index contributed by atoms with van der Waals surface area (Å²) < 4.78 is 2.00. The number of hydrogen-bond donors (Lipinski definition) is 1. The number of fused-ring (bicyclic) bond motifs is 1. The zero-order chi connectivity index (χ0) is 16.5. The van der Waals surface area contributed by atoms with E-state index in [1.54, 1.807) is 0 Å². The monoisotopic (exact) mass is 337 g/mol. The Bertz CT molecular complexity index is 865. The molecule has 0 radical (unpaired) electrons. The minimum absolute atomic E-state index is 0.724. The first-order valence-electron chi connectivity index (χ1n) is 8.41. The number of aromatic nitrogens is 2. The SMILES string of the molecule is Cc1ccc(-c2nn(-c3cccc(Cl)c3)c3c2CCCCN3)cc1. The molecule has 1 aliphatic rings. The van der Waals surface area contributed by atoms with Gasteiger partial charge >= 0.3 is 0 Å². The van der Waals surface area contributed by atoms with Crippen molar-refractivity contribution in [2.75, 3.05) is 11.9 Å². The van der Waals surface area contributed by atoms with E-state index in [2.05, 4.69) is 36.5 Å². The van der Waals surface area contributed by atoms with Crippen molar-refractivity contribution in [1.29, 1.82) is 0 Å². The molecule has 0 unspecified atom stereocenters. The number of benzene rings is 2. The highest BCUT2D eigenvalue weighted by Crippen LogP contribution is 2.34. The third kappa shape index (κ3) is 2.80. The molecule has 0 saturated carbocycles. The van der Waals surface area contributed by atoms with E-state index in [1.165, 1.54) is 29.5 Å². The van der Waals surface area contributed by atoms with Crippen molar-refractivity contribution < 1.29 is 0 Å². The van der Waals surface area contributed by atoms with Crippen LogP contribution in [0, 0.1) is 6.92 Å². The van der Waals surface area contributed by atoms with E-state index in [4.69, 9.17) is 16.7 Å². The Morgan fingerprint density at radius 3 is 2.71 bits per heavy atom. The predicted molar refractivity (Wildman–Crippen MR) is 100 cm³/mol. The van der Waals surface area contributed by atoms with Crippen molar-refractivity contribution in [2.45, 2.75) is 26.2 Å². The van der Waals surface area contributed by atoms with E-state index >= 15 is 0 Å². The maximum Gasteiger partial charge on any atom is 0.133 e. The summed E-state index contributed by atoms with van der Waals surface area (Å²) in [5, 5.41) is 9.24. The van der Waals surface area contributed by atoms with Crippen LogP contribution in [-0.4, -0.2) is 16.3 Å². The quantitative estimate of drug-likeness (QED) is 0.692. The fourth-order valence-electron chi connectivity index (χ4n) is 3.24. The molecular weight excluding hydrogens is 318 g/mol. The van der Waals surface area contributed by atoms with Gasteiger partial charge in [0.05, 0.1) is 11.4 Å². The number of aryl methyl sites for hydroxylation is 1. The molecule has 1 aliphatic heterocycles. The maximum atomic E-state index is 6.19. The lowest BCUT2D eigenvalue weighted by Gasteiger charge is -2.09. The van der Waals surface area contributed by atoms with Gasteiger partial charge in [0.1, 0.15) is 5.82 Å². The summed E-state index contributed by atoms with van der Waals surface area (Å²) in [6.07, 6.45) is 3.41. The molecule has 4 rings (SSSR count). The van der Waals surface area contributed by atoms with Gasteiger partial charge in [0, 0.05) is 22.7 Å². The average molecular weight is 338 g/mol. The number of nitrogens with zero attached hydrogens (tertiary/aromatic N) is 2. The molecule has 0 saturated heterocycles. The number of rotatable bonds is 2. The summed E-state index contributed by atoms with van der Waals surface area (Å²) in [5.41, 5.74) is 5.79. The van der Waals surface area contributed by atoms with Gasteiger partial charge in [0.25, 0.3) is 0 Å². The molecule has 0 aliphatic carbocycles. The summed E-state index contributed by atoms with van der Waals surface area (Å²) in [6, 6.07) is 16.5. The van der Waals surface area contributed by atoms with Crippen LogP contribution in [0.4, 0.5) is 5.82 Å². The van der Waals surface area contributed by atoms with Gasteiger partial charge in [0.15, 0.2) is 0 Å². The Morgan fingerprint density at radius 1 is 1.08 bits per heavy atom. The molecule has 24 heavy (non-hydrogen) atoms. The molecule has 0 atom stereocenters. The van der Waals surface area contributed by atoms with Crippen LogP contribution in [0.25, 0.3) is 16.9 Å². The molecule has 1 aromatic heterocycles. The normalized spacial score (nSPS) is 13.9. The number of nitrogens with one attached hydrogen (secondary N) is 1. The second-order valence-corrected chi connectivity index (χ2v) is 6.75. The van der Waals surface area contributed by atoms with Crippen molar-refractivity contribution in [3.05, 3.63) is 64.7 Å². The van der Waals surface area contributed by atoms with Crippen molar-refractivity contribution in [3.63, 3.8) is 0 Å². The van der Waals surface area contributed by atoms with Crippen LogP contribution in [0.3, 0.4) is 0 Å². The number of hydrogen-bond acceptors (Lipinski definition) is 2. The second kappa shape index (κ2) is 6.33. The van der Waals surface area contributed by atoms with Gasteiger partial charge in [-0.2, -0.15) is 5.10 Å². The standard InChI is InChI=1S/C20H20ClN3/c1-14-8-10-15(11-9-14)19-18-7-2-3-12-22-20(18)24(23-19)17-6-4-5-16(21)13-17/h4-6,8-11,13,22H,2-3,7,12H2,1H3. The fraction of sp³-hybridized carbons (Fsp3) is 0.250. The average Bonchev–Trinajstić information content (AvgIpc) is 2.77. The highest BCUT2D eigenvalue weighted by atomic mass is 35.5. The maximum absolute atomic E-state index is 6.19. The zero-order valence-corrected chi connectivity index (χ0v) is 14.5. The van der Waals surface area contributed by atoms with E-state index in [9.17, 15) is 0 Å². The molecule has 4 heteroatoms. The third-order valence-corrected chi connectivity index (χ3v) is 4.74. The van der Waals surface area contributed by atoms with E-state index in [-0.39, 0.29) is 0 Å². The van der Waals surface area contributed by atoms with E-state index < -0.39 is 0 Å². The van der Waals surface area contributed by atoms with E-state index in [0.717, 1.165) is 35.2 Å². The molecule has 3 nitrogen and oxygen atoms in total. The highest BCUT2D eigenvalue weighted by Gasteiger charge is 2.21. The van der Waals surface area contributed by atoms with Gasteiger partial charge < -0.3 is 5.32 Å². The van der Waals surface area contributed by atoms with E-state index in [1.807, 2.05) is 28.9 Å². The first kappa shape index (κ1) is 15.3. The topological polar surface area (TPSA) is 29.9 Å². The Balaban J connectivity index is 1.90. The molecule has 3 aromatic rings. The van der Waals surface area contributed by atoms with Crippen LogP contribution in [0.5, 0.6) is 0 Å². The van der Waals surface area contributed by atoms with Crippen LogP contribution in [0.15, 0.2) is 48.5 Å². The van der Waals surface area contributed by atoms with Crippen molar-refractivity contribution in [2.24, 2.45) is 0 Å². The molecule has 0 bridgehead atoms. The number of halogens is 1. The number of anilines is 1. The Morgan fingerprint density at radius 2 is 1.92 bits per heavy atom. The lowest BCUT2D eigenvalue weighted by Crippen LogP contribution is -2.07. The summed E-state index contributed by atoms with van der Waals surface area (Å²) in [6.45, 7) is 3.09. The van der Waals surface area contributed by atoms with Crippen LogP contribution >= 0.6 is 11.6 Å². The Labute approximate surface area is 147 Å². The van der Waals surface area contributed by atoms with Crippen molar-refractivity contribution in [3.8, 4) is 16.9 Å². The van der Waals surface area contributed by atoms with Gasteiger partial charge in [0.2, 0.25) is 0 Å². The first-order chi connectivity index (χ1) is 11.7. The molecule has 0 spiro atoms. The van der Waals surface area contributed by atoms with Gasteiger partial charge in [-0.05, 0) is 44.4 Å². The first-order valence-corrected chi connectivity index (χ1v) is 8.79. The zero-order valence-electron chi connectivity index (χ0n) is 13.7. The minimum Gasteiger partial charge on any atom is -0.370 e.